The van der Waals surface area contributed by atoms with Crippen LogP contribution in [0.5, 0.6) is 0 Å². The molecule has 0 aliphatic carbocycles. The van der Waals surface area contributed by atoms with E-state index in [0.717, 1.165) is 38.5 Å². The van der Waals surface area contributed by atoms with Crippen LogP contribution in [0.25, 0.3) is 0 Å². The number of aliphatic hydroxyl groups excluding tert-OH is 4. The molecule has 2 unspecified atom stereocenters. The second kappa shape index (κ2) is 31.4. The third-order valence-corrected chi connectivity index (χ3v) is 9.49. The first-order chi connectivity index (χ1) is 23.8. The van der Waals surface area contributed by atoms with Crippen LogP contribution in [0.4, 0.5) is 0 Å². The molecule has 290 valence electrons. The van der Waals surface area contributed by atoms with Crippen molar-refractivity contribution in [2.75, 3.05) is 19.8 Å². The monoisotopic (exact) mass is 703 g/mol. The van der Waals surface area contributed by atoms with Gasteiger partial charge in [0.15, 0.2) is 12.4 Å². The highest BCUT2D eigenvalue weighted by Gasteiger charge is 2.44. The number of aliphatic hydroxyl groups is 4. The second-order valence-corrected chi connectivity index (χ2v) is 14.1. The molecule has 0 spiro atoms. The van der Waals surface area contributed by atoms with Crippen molar-refractivity contribution in [3.05, 3.63) is 0 Å². The number of carbonyl (C=O) groups excluding carboxylic acids is 2. The van der Waals surface area contributed by atoms with Gasteiger partial charge in [0.1, 0.15) is 31.0 Å². The van der Waals surface area contributed by atoms with Crippen LogP contribution < -0.4 is 0 Å². The Morgan fingerprint density at radius 1 is 0.551 bits per heavy atom. The molecule has 10 heteroatoms. The predicted molar refractivity (Wildman–Crippen MR) is 192 cm³/mol. The number of hydrogen-bond acceptors (Lipinski definition) is 10. The molecule has 10 nitrogen and oxygen atoms in total. The zero-order chi connectivity index (χ0) is 36.0. The summed E-state index contributed by atoms with van der Waals surface area (Å²) < 4.78 is 22.0. The summed E-state index contributed by atoms with van der Waals surface area (Å²) in [6.07, 6.45) is 21.3. The van der Waals surface area contributed by atoms with Crippen LogP contribution in [0.2, 0.25) is 0 Å². The average molecular weight is 703 g/mol. The summed E-state index contributed by atoms with van der Waals surface area (Å²) in [5, 5.41) is 39.8. The second-order valence-electron chi connectivity index (χ2n) is 14.1. The van der Waals surface area contributed by atoms with Crippen molar-refractivity contribution in [1.29, 1.82) is 0 Å². The van der Waals surface area contributed by atoms with Crippen molar-refractivity contribution in [3.63, 3.8) is 0 Å². The van der Waals surface area contributed by atoms with Crippen molar-refractivity contribution in [2.24, 2.45) is 0 Å². The minimum Gasteiger partial charge on any atom is -0.462 e. The first kappa shape index (κ1) is 45.7. The molecule has 0 radical (unpaired) electrons. The maximum Gasteiger partial charge on any atom is 0.306 e. The average Bonchev–Trinajstić information content (AvgIpc) is 3.10. The van der Waals surface area contributed by atoms with E-state index in [9.17, 15) is 30.0 Å². The van der Waals surface area contributed by atoms with E-state index < -0.39 is 49.4 Å². The van der Waals surface area contributed by atoms with Crippen LogP contribution >= 0.6 is 0 Å². The lowest BCUT2D eigenvalue weighted by Gasteiger charge is -2.39. The Labute approximate surface area is 298 Å². The molecule has 0 amide bonds. The Kier molecular flexibility index (Phi) is 29.3. The molecule has 0 bridgehead atoms. The minimum atomic E-state index is -1.59. The number of rotatable bonds is 33. The number of esters is 2. The lowest BCUT2D eigenvalue weighted by atomic mass is 9.99. The van der Waals surface area contributed by atoms with Gasteiger partial charge in [0.25, 0.3) is 0 Å². The number of unbranched alkanes of at least 4 members (excludes halogenated alkanes) is 22. The van der Waals surface area contributed by atoms with Crippen molar-refractivity contribution in [2.45, 2.75) is 218 Å². The zero-order valence-corrected chi connectivity index (χ0v) is 31.2. The predicted octanol–water partition coefficient (Wildman–Crippen LogP) is 7.44. The maximum absolute atomic E-state index is 12.6. The van der Waals surface area contributed by atoms with Gasteiger partial charge in [-0.25, -0.2) is 0 Å². The van der Waals surface area contributed by atoms with Crippen LogP contribution in [0, 0.1) is 0 Å². The lowest BCUT2D eigenvalue weighted by Crippen LogP contribution is -2.59. The summed E-state index contributed by atoms with van der Waals surface area (Å²) in [5.41, 5.74) is 0. The van der Waals surface area contributed by atoms with E-state index in [4.69, 9.17) is 18.9 Å². The molecule has 1 rings (SSSR count). The highest BCUT2D eigenvalue weighted by Crippen LogP contribution is 2.22. The van der Waals surface area contributed by atoms with Crippen LogP contribution in [-0.2, 0) is 28.5 Å². The van der Waals surface area contributed by atoms with E-state index in [1.54, 1.807) is 0 Å². The largest absolute Gasteiger partial charge is 0.462 e. The Hall–Kier alpha value is -1.30. The molecule has 6 atom stereocenters. The Morgan fingerprint density at radius 2 is 0.959 bits per heavy atom. The van der Waals surface area contributed by atoms with Gasteiger partial charge in [0, 0.05) is 12.8 Å². The summed E-state index contributed by atoms with van der Waals surface area (Å²) in [4.78, 5) is 25.1. The Balaban J connectivity index is 2.31. The van der Waals surface area contributed by atoms with E-state index in [1.165, 1.54) is 109 Å². The first-order valence-electron chi connectivity index (χ1n) is 20.1. The van der Waals surface area contributed by atoms with Crippen molar-refractivity contribution < 1.29 is 49.0 Å². The van der Waals surface area contributed by atoms with Gasteiger partial charge in [0.05, 0.1) is 13.2 Å². The van der Waals surface area contributed by atoms with Gasteiger partial charge in [-0.15, -0.1) is 0 Å². The van der Waals surface area contributed by atoms with Crippen LogP contribution in [0.1, 0.15) is 181 Å². The van der Waals surface area contributed by atoms with Crippen molar-refractivity contribution in [3.8, 4) is 0 Å². The van der Waals surface area contributed by atoms with Gasteiger partial charge in [-0.2, -0.15) is 0 Å². The number of ether oxygens (including phenoxy) is 4. The quantitative estimate of drug-likeness (QED) is 0.0401. The minimum absolute atomic E-state index is 0.210. The van der Waals surface area contributed by atoms with Gasteiger partial charge in [-0.1, -0.05) is 155 Å². The highest BCUT2D eigenvalue weighted by molar-refractivity contribution is 5.70. The van der Waals surface area contributed by atoms with Gasteiger partial charge in [0.2, 0.25) is 0 Å². The van der Waals surface area contributed by atoms with Crippen LogP contribution in [0.15, 0.2) is 0 Å². The number of hydrogen-bond donors (Lipinski definition) is 4. The smallest absolute Gasteiger partial charge is 0.306 e. The van der Waals surface area contributed by atoms with Gasteiger partial charge >= 0.3 is 11.9 Å². The molecule has 1 aliphatic heterocycles. The summed E-state index contributed by atoms with van der Waals surface area (Å²) in [5.74, 6) is -0.801. The van der Waals surface area contributed by atoms with Crippen molar-refractivity contribution >= 4 is 11.9 Å². The molecule has 1 heterocycles. The number of carbonyl (C=O) groups is 2. The Bertz CT molecular complexity index is 779. The maximum atomic E-state index is 12.6. The first-order valence-corrected chi connectivity index (χ1v) is 20.1. The third-order valence-electron chi connectivity index (χ3n) is 9.49. The molecule has 0 aromatic heterocycles. The topological polar surface area (TPSA) is 152 Å². The fourth-order valence-corrected chi connectivity index (χ4v) is 6.25. The highest BCUT2D eigenvalue weighted by atomic mass is 16.7. The van der Waals surface area contributed by atoms with E-state index in [1.807, 2.05) is 0 Å². The molecule has 1 aliphatic rings. The van der Waals surface area contributed by atoms with E-state index in [0.29, 0.717) is 6.42 Å². The van der Waals surface area contributed by atoms with Crippen molar-refractivity contribution in [1.82, 2.24) is 0 Å². The zero-order valence-electron chi connectivity index (χ0n) is 31.2. The summed E-state index contributed by atoms with van der Waals surface area (Å²) >= 11 is 0. The standard InChI is InChI=1S/C39H74O10/c1-3-5-7-9-11-13-14-15-16-17-18-19-20-22-23-25-27-34(41)46-30-32(48-35(42)28-26-24-21-12-10-8-6-4-2)31-47-39-38(45)37(44)36(43)33(29-40)49-39/h32-33,36-40,43-45H,3-31H2,1-2H3/t32-,33-,36+,37?,38?,39-/m0/s1. The fourth-order valence-electron chi connectivity index (χ4n) is 6.25. The molecule has 4 N–H and O–H groups in total. The Morgan fingerprint density at radius 3 is 1.39 bits per heavy atom. The van der Waals surface area contributed by atoms with E-state index in [-0.39, 0.29) is 32.0 Å². The summed E-state index contributed by atoms with van der Waals surface area (Å²) in [7, 11) is 0. The van der Waals surface area contributed by atoms with E-state index >= 15 is 0 Å². The molecular weight excluding hydrogens is 628 g/mol. The van der Waals surface area contributed by atoms with E-state index in [2.05, 4.69) is 13.8 Å². The fraction of sp³-hybridized carbons (Fsp3) is 0.949. The molecule has 0 saturated carbocycles. The molecular formula is C39H74O10. The summed E-state index contributed by atoms with van der Waals surface area (Å²) in [6, 6.07) is 0. The third kappa shape index (κ3) is 23.7. The molecule has 0 aromatic rings. The van der Waals surface area contributed by atoms with Gasteiger partial charge in [-0.3, -0.25) is 9.59 Å². The van der Waals surface area contributed by atoms with Crippen LogP contribution in [0.3, 0.4) is 0 Å². The molecule has 1 fully saturated rings. The lowest BCUT2D eigenvalue weighted by molar-refractivity contribution is -0.305. The van der Waals surface area contributed by atoms with Crippen LogP contribution in [-0.4, -0.2) is 89.0 Å². The SMILES string of the molecule is CCCCCCCCCCCCCCCCCCC(=O)OC[C@@H](CO[C@H]1O[C@@H](CO)[C@@H](O)C(O)C1O)OC(=O)CCCCCCCCCC. The normalized spacial score (nSPS) is 21.5. The molecule has 49 heavy (non-hydrogen) atoms. The molecule has 0 aromatic carbocycles. The molecule has 1 saturated heterocycles. The van der Waals surface area contributed by atoms with Gasteiger partial charge in [-0.05, 0) is 12.8 Å². The summed E-state index contributed by atoms with van der Waals surface area (Å²) in [6.45, 7) is 3.39. The van der Waals surface area contributed by atoms with Gasteiger partial charge < -0.3 is 39.4 Å².